The lowest BCUT2D eigenvalue weighted by molar-refractivity contribution is -0.118. The normalized spacial score (nSPS) is 13.0. The van der Waals surface area contributed by atoms with Crippen LogP contribution in [0.25, 0.3) is 20.4 Å². The van der Waals surface area contributed by atoms with Crippen LogP contribution in [-0.4, -0.2) is 33.0 Å². The van der Waals surface area contributed by atoms with Crippen molar-refractivity contribution in [3.8, 4) is 24.2 Å². The molecule has 10 rings (SSSR count). The Kier molecular flexibility index (Phi) is 12.7. The Bertz CT molecular complexity index is 3420. The minimum atomic E-state index is -0.362. The number of aromatic amines is 2. The van der Waals surface area contributed by atoms with Crippen LogP contribution in [0.2, 0.25) is 0 Å². The van der Waals surface area contributed by atoms with Gasteiger partial charge in [-0.1, -0.05) is 92.8 Å². The highest BCUT2D eigenvalue weighted by atomic mass is 79.9. The molecule has 2 N–H and O–H groups in total. The minimum Gasteiger partial charge on any atom is -0.312 e. The molecule has 63 heavy (non-hydrogen) atoms. The summed E-state index contributed by atoms with van der Waals surface area (Å²) in [6.45, 7) is 0. The number of nitrogens with one attached hydrogen (secondary N) is 2. The average Bonchev–Trinajstić information content (AvgIpc) is 3.72. The zero-order valence-electron chi connectivity index (χ0n) is 32.9. The van der Waals surface area contributed by atoms with Gasteiger partial charge in [-0.15, -0.1) is 6.42 Å². The molecule has 13 heteroatoms. The molecule has 6 aromatic carbocycles. The number of benzene rings is 6. The fourth-order valence-corrected chi connectivity index (χ4v) is 8.84. The first-order chi connectivity index (χ1) is 30.5. The molecule has 0 spiro atoms. The molecular formula is C50H31BrF2N4O4S2. The summed E-state index contributed by atoms with van der Waals surface area (Å²) in [5, 5.41) is 0. The predicted molar refractivity (Wildman–Crippen MR) is 251 cm³/mol. The summed E-state index contributed by atoms with van der Waals surface area (Å²) in [5.74, 6) is 7.54. The standard InChI is InChI=1S/C25H15FN2O2S.C17H11BrN2O2S.C8H5F/c26-20-4-2-1-3-16(20)7-5-15-6-9-21-18(11-15)12-19(29)14-23(27-21)17-8-10-22-24(13-17)31-25(30)28-22;18-11-2-4-13-10(5-11)6-12(21)8-15(19-13)9-1-3-14-16(7-9)23-17(22)20-14;1-2-7-5-3-4-6-8(7)9/h1-4,6,8-11,13H,12,14H2,(H,28,30);1-5,7H,6,8H2,(H,20,22);1,3-6H. The quantitative estimate of drug-likeness (QED) is 0.168. The van der Waals surface area contributed by atoms with Gasteiger partial charge in [0.1, 0.15) is 23.2 Å². The molecule has 2 aromatic heterocycles. The van der Waals surface area contributed by atoms with E-state index in [1.54, 1.807) is 36.4 Å². The Labute approximate surface area is 375 Å². The van der Waals surface area contributed by atoms with Gasteiger partial charge in [-0.3, -0.25) is 29.2 Å². The topological polar surface area (TPSA) is 125 Å². The van der Waals surface area contributed by atoms with Gasteiger partial charge in [0.25, 0.3) is 0 Å². The van der Waals surface area contributed by atoms with Crippen molar-refractivity contribution in [1.29, 1.82) is 0 Å². The lowest BCUT2D eigenvalue weighted by Gasteiger charge is -2.04. The zero-order chi connectivity index (χ0) is 44.0. The molecule has 0 bridgehead atoms. The second-order valence-corrected chi connectivity index (χ2v) is 17.3. The number of carbonyl (C=O) groups is 2. The molecule has 0 atom stereocenters. The van der Waals surface area contributed by atoms with Crippen molar-refractivity contribution < 1.29 is 18.4 Å². The van der Waals surface area contributed by atoms with Crippen LogP contribution < -0.4 is 9.75 Å². The SMILES string of the molecule is C#Cc1ccccc1F.O=C1CC(c2ccc3[nH]c(=O)sc3c2)=Nc2ccc(Br)cc2C1.O=C1CC(c2ccc3[nH]c(=O)sc3c2)=Nc2ccc(C#Cc3ccccc3F)cc2C1. The average molecular weight is 934 g/mol. The molecule has 0 saturated heterocycles. The first-order valence-corrected chi connectivity index (χ1v) is 21.7. The number of hydrogen-bond acceptors (Lipinski definition) is 8. The summed E-state index contributed by atoms with van der Waals surface area (Å²) in [7, 11) is 0. The van der Waals surface area contributed by atoms with E-state index >= 15 is 0 Å². The Balaban J connectivity index is 0.000000149. The summed E-state index contributed by atoms with van der Waals surface area (Å²) >= 11 is 5.74. The number of hydrogen-bond donors (Lipinski definition) is 2. The van der Waals surface area contributed by atoms with Crippen LogP contribution in [0.1, 0.15) is 51.8 Å². The highest BCUT2D eigenvalue weighted by molar-refractivity contribution is 9.10. The first kappa shape index (κ1) is 42.5. The van der Waals surface area contributed by atoms with Gasteiger partial charge in [0.2, 0.25) is 0 Å². The third-order valence-electron chi connectivity index (χ3n) is 9.89. The van der Waals surface area contributed by atoms with E-state index in [1.165, 1.54) is 23.5 Å². The van der Waals surface area contributed by atoms with Gasteiger partial charge >= 0.3 is 9.75 Å². The highest BCUT2D eigenvalue weighted by Crippen LogP contribution is 2.30. The summed E-state index contributed by atoms with van der Waals surface area (Å²) < 4.78 is 28.9. The third kappa shape index (κ3) is 10.3. The number of halogens is 3. The van der Waals surface area contributed by atoms with E-state index in [1.807, 2.05) is 72.8 Å². The van der Waals surface area contributed by atoms with Crippen LogP contribution in [0.15, 0.2) is 145 Å². The molecule has 2 aliphatic heterocycles. The summed E-state index contributed by atoms with van der Waals surface area (Å²) in [5.41, 5.74) is 9.36. The number of Topliss-reactive ketones (excluding diaryl/α,β-unsaturated/α-hetero) is 2. The molecule has 0 fully saturated rings. The number of thiazole rings is 2. The van der Waals surface area contributed by atoms with Crippen LogP contribution in [0.3, 0.4) is 0 Å². The number of rotatable bonds is 2. The van der Waals surface area contributed by atoms with Gasteiger partial charge in [0, 0.05) is 35.7 Å². The van der Waals surface area contributed by atoms with Crippen LogP contribution in [0.4, 0.5) is 20.2 Å². The highest BCUT2D eigenvalue weighted by Gasteiger charge is 2.20. The molecule has 0 unspecified atom stereocenters. The zero-order valence-corrected chi connectivity index (χ0v) is 36.1. The Morgan fingerprint density at radius 3 is 1.60 bits per heavy atom. The maximum atomic E-state index is 13.8. The van der Waals surface area contributed by atoms with Crippen molar-refractivity contribution >= 4 is 93.4 Å². The number of ketones is 2. The van der Waals surface area contributed by atoms with Crippen LogP contribution >= 0.6 is 38.6 Å². The third-order valence-corrected chi connectivity index (χ3v) is 12.1. The predicted octanol–water partition coefficient (Wildman–Crippen LogP) is 10.6. The first-order valence-electron chi connectivity index (χ1n) is 19.3. The maximum absolute atomic E-state index is 13.8. The monoisotopic (exact) mass is 932 g/mol. The van der Waals surface area contributed by atoms with Crippen molar-refractivity contribution in [1.82, 2.24) is 9.97 Å². The van der Waals surface area contributed by atoms with Gasteiger partial charge in [-0.05, 0) is 107 Å². The van der Waals surface area contributed by atoms with Gasteiger partial charge in [0.15, 0.2) is 0 Å². The van der Waals surface area contributed by atoms with E-state index in [0.29, 0.717) is 35.2 Å². The van der Waals surface area contributed by atoms with Crippen molar-refractivity contribution in [3.63, 3.8) is 0 Å². The van der Waals surface area contributed by atoms with Gasteiger partial charge in [0.05, 0.1) is 54.4 Å². The molecule has 308 valence electrons. The van der Waals surface area contributed by atoms with E-state index in [-0.39, 0.29) is 45.8 Å². The number of aliphatic imine (C=N–C) groups is 2. The summed E-state index contributed by atoms with van der Waals surface area (Å²) in [4.78, 5) is 62.7. The maximum Gasteiger partial charge on any atom is 0.305 e. The van der Waals surface area contributed by atoms with Crippen LogP contribution in [0.5, 0.6) is 0 Å². The second-order valence-electron chi connectivity index (χ2n) is 14.3. The summed E-state index contributed by atoms with van der Waals surface area (Å²) in [6.07, 6.45) is 6.13. The number of fused-ring (bicyclic) bond motifs is 4. The fourth-order valence-electron chi connectivity index (χ4n) is 6.88. The fraction of sp³-hybridized carbons (Fsp3) is 0.0800. The molecule has 0 radical (unpaired) electrons. The van der Waals surface area contributed by atoms with Gasteiger partial charge in [-0.2, -0.15) is 0 Å². The van der Waals surface area contributed by atoms with Crippen molar-refractivity contribution in [2.75, 3.05) is 0 Å². The number of aromatic nitrogens is 2. The molecule has 8 aromatic rings. The van der Waals surface area contributed by atoms with Gasteiger partial charge in [-0.25, -0.2) is 8.78 Å². The Morgan fingerprint density at radius 2 is 1.08 bits per heavy atom. The molecule has 0 aliphatic carbocycles. The smallest absolute Gasteiger partial charge is 0.305 e. The number of terminal acetylenes is 1. The lowest BCUT2D eigenvalue weighted by atomic mass is 10.0. The second kappa shape index (κ2) is 18.8. The summed E-state index contributed by atoms with van der Waals surface area (Å²) in [6, 6.07) is 35.2. The van der Waals surface area contributed by atoms with Gasteiger partial charge < -0.3 is 9.97 Å². The molecule has 0 saturated carbocycles. The van der Waals surface area contributed by atoms with Crippen molar-refractivity contribution in [2.45, 2.75) is 25.7 Å². The Morgan fingerprint density at radius 1 is 0.571 bits per heavy atom. The number of carbonyl (C=O) groups excluding carboxylic acids is 2. The van der Waals surface area contributed by atoms with E-state index in [4.69, 9.17) is 16.4 Å². The van der Waals surface area contributed by atoms with Crippen molar-refractivity contribution in [3.05, 3.63) is 196 Å². The molecule has 4 heterocycles. The number of nitrogens with zero attached hydrogens (tertiary/aromatic N) is 2. The van der Waals surface area contributed by atoms with Crippen LogP contribution in [0, 0.1) is 35.8 Å². The molecule has 8 nitrogen and oxygen atoms in total. The van der Waals surface area contributed by atoms with E-state index < -0.39 is 0 Å². The number of H-pyrrole nitrogens is 2. The lowest BCUT2D eigenvalue weighted by Crippen LogP contribution is -2.09. The largest absolute Gasteiger partial charge is 0.312 e. The van der Waals surface area contributed by atoms with E-state index in [9.17, 15) is 28.0 Å². The molecular weight excluding hydrogens is 903 g/mol. The van der Waals surface area contributed by atoms with Crippen LogP contribution in [-0.2, 0) is 22.4 Å². The van der Waals surface area contributed by atoms with Crippen molar-refractivity contribution in [2.24, 2.45) is 9.98 Å². The van der Waals surface area contributed by atoms with E-state index in [0.717, 1.165) is 75.6 Å². The minimum absolute atomic E-state index is 0.0547. The molecule has 2 aliphatic rings. The Hall–Kier alpha value is -7.16. The van der Waals surface area contributed by atoms with E-state index in [2.05, 4.69) is 43.7 Å². The molecule has 0 amide bonds.